The summed E-state index contributed by atoms with van der Waals surface area (Å²) in [7, 11) is 0. The fraction of sp³-hybridized carbons (Fsp3) is 0.889. The van der Waals surface area contributed by atoms with Crippen LogP contribution in [0, 0.1) is 0 Å². The van der Waals surface area contributed by atoms with E-state index in [1.54, 1.807) is 11.8 Å². The number of rotatable bonds is 0. The van der Waals surface area contributed by atoms with Crippen LogP contribution in [0.3, 0.4) is 0 Å². The normalized spacial score (nSPS) is 32.9. The molecule has 0 saturated carbocycles. The van der Waals surface area contributed by atoms with Gasteiger partial charge < -0.3 is 9.64 Å². The van der Waals surface area contributed by atoms with Gasteiger partial charge in [0.2, 0.25) is 5.91 Å². The van der Waals surface area contributed by atoms with E-state index >= 15 is 0 Å². The number of fused-ring (bicyclic) bond motifs is 1. The van der Waals surface area contributed by atoms with Gasteiger partial charge in [-0.2, -0.15) is 11.8 Å². The number of hydrogen-bond donors (Lipinski definition) is 0. The summed E-state index contributed by atoms with van der Waals surface area (Å²) < 4.78 is 5.61. The molecular formula is C9H15NO2S. The number of thioether (sulfide) groups is 1. The van der Waals surface area contributed by atoms with Gasteiger partial charge in [0.25, 0.3) is 0 Å². The highest BCUT2D eigenvalue weighted by Crippen LogP contribution is 2.32. The van der Waals surface area contributed by atoms with Crippen LogP contribution in [0.2, 0.25) is 0 Å². The van der Waals surface area contributed by atoms with E-state index in [2.05, 4.69) is 0 Å². The van der Waals surface area contributed by atoms with Gasteiger partial charge in [-0.1, -0.05) is 0 Å². The van der Waals surface area contributed by atoms with Crippen molar-refractivity contribution in [3.8, 4) is 0 Å². The summed E-state index contributed by atoms with van der Waals surface area (Å²) in [5, 5.41) is 0. The van der Waals surface area contributed by atoms with E-state index in [0.717, 1.165) is 12.2 Å². The first-order valence-corrected chi connectivity index (χ1v) is 5.80. The lowest BCUT2D eigenvalue weighted by Gasteiger charge is -2.32. The molecule has 2 aliphatic heterocycles. The molecule has 0 aromatic rings. The summed E-state index contributed by atoms with van der Waals surface area (Å²) in [6, 6.07) is 0.317. The van der Waals surface area contributed by atoms with E-state index in [0.29, 0.717) is 18.4 Å². The van der Waals surface area contributed by atoms with Gasteiger partial charge in [-0.25, -0.2) is 0 Å². The zero-order chi connectivity index (χ0) is 9.47. The van der Waals surface area contributed by atoms with Crippen LogP contribution in [0.1, 0.15) is 20.3 Å². The Kier molecular flexibility index (Phi) is 2.28. The molecule has 2 rings (SSSR count). The second kappa shape index (κ2) is 3.17. The van der Waals surface area contributed by atoms with Crippen molar-refractivity contribution in [2.75, 3.05) is 18.1 Å². The highest BCUT2D eigenvalue weighted by atomic mass is 32.2. The van der Waals surface area contributed by atoms with E-state index in [1.165, 1.54) is 0 Å². The maximum Gasteiger partial charge on any atom is 0.235 e. The first kappa shape index (κ1) is 9.34. The Bertz CT molecular complexity index is 228. The largest absolute Gasteiger partial charge is 0.354 e. The van der Waals surface area contributed by atoms with Gasteiger partial charge in [-0.15, -0.1) is 0 Å². The predicted octanol–water partition coefficient (Wildman–Crippen LogP) is 1.09. The molecular weight excluding hydrogens is 186 g/mol. The molecule has 0 aliphatic carbocycles. The third-order valence-corrected chi connectivity index (χ3v) is 3.64. The zero-order valence-electron chi connectivity index (χ0n) is 8.08. The Morgan fingerprint density at radius 2 is 2.38 bits per heavy atom. The minimum atomic E-state index is -0.382. The molecule has 0 N–H and O–H groups in total. The topological polar surface area (TPSA) is 29.5 Å². The summed E-state index contributed by atoms with van der Waals surface area (Å²) in [6.45, 7) is 4.65. The lowest BCUT2D eigenvalue weighted by Crippen LogP contribution is -2.47. The van der Waals surface area contributed by atoms with E-state index in [1.807, 2.05) is 18.7 Å². The fourth-order valence-electron chi connectivity index (χ4n) is 2.05. The summed E-state index contributed by atoms with van der Waals surface area (Å²) in [5.41, 5.74) is -0.382. The maximum absolute atomic E-state index is 11.7. The molecule has 3 nitrogen and oxygen atoms in total. The summed E-state index contributed by atoms with van der Waals surface area (Å²) in [4.78, 5) is 13.7. The number of hydrogen-bond acceptors (Lipinski definition) is 3. The molecule has 74 valence electrons. The van der Waals surface area contributed by atoms with Gasteiger partial charge in [-0.3, -0.25) is 4.79 Å². The van der Waals surface area contributed by atoms with Crippen molar-refractivity contribution in [3.63, 3.8) is 0 Å². The van der Waals surface area contributed by atoms with Crippen LogP contribution in [0.15, 0.2) is 0 Å². The van der Waals surface area contributed by atoms with E-state index in [-0.39, 0.29) is 11.6 Å². The fourth-order valence-corrected chi connectivity index (χ4v) is 2.95. The molecule has 13 heavy (non-hydrogen) atoms. The van der Waals surface area contributed by atoms with Crippen LogP contribution in [0.5, 0.6) is 0 Å². The van der Waals surface area contributed by atoms with E-state index in [9.17, 15) is 4.79 Å². The van der Waals surface area contributed by atoms with Crippen LogP contribution in [-0.4, -0.2) is 40.7 Å². The van der Waals surface area contributed by atoms with Gasteiger partial charge in [0.05, 0.1) is 18.4 Å². The Morgan fingerprint density at radius 3 is 3.15 bits per heavy atom. The molecule has 2 fully saturated rings. The van der Waals surface area contributed by atoms with Crippen molar-refractivity contribution in [1.29, 1.82) is 0 Å². The molecule has 2 aliphatic rings. The van der Waals surface area contributed by atoms with Crippen molar-refractivity contribution in [1.82, 2.24) is 4.90 Å². The van der Waals surface area contributed by atoms with Crippen molar-refractivity contribution < 1.29 is 9.53 Å². The van der Waals surface area contributed by atoms with Crippen LogP contribution in [0.4, 0.5) is 0 Å². The first-order chi connectivity index (χ1) is 6.11. The summed E-state index contributed by atoms with van der Waals surface area (Å²) in [6.07, 6.45) is 1.07. The molecule has 0 aromatic carbocycles. The van der Waals surface area contributed by atoms with Crippen LogP contribution < -0.4 is 0 Å². The van der Waals surface area contributed by atoms with Crippen molar-refractivity contribution in [2.24, 2.45) is 0 Å². The summed E-state index contributed by atoms with van der Waals surface area (Å²) in [5.74, 6) is 1.92. The van der Waals surface area contributed by atoms with E-state index in [4.69, 9.17) is 4.74 Å². The second-order valence-corrected chi connectivity index (χ2v) is 5.12. The Hall–Kier alpha value is -0.220. The van der Waals surface area contributed by atoms with Crippen molar-refractivity contribution in [3.05, 3.63) is 0 Å². The molecule has 1 atom stereocenters. The van der Waals surface area contributed by atoms with Gasteiger partial charge in [-0.05, 0) is 26.0 Å². The molecule has 4 heteroatoms. The van der Waals surface area contributed by atoms with Crippen LogP contribution >= 0.6 is 11.8 Å². The minimum Gasteiger partial charge on any atom is -0.354 e. The average molecular weight is 201 g/mol. The van der Waals surface area contributed by atoms with Crippen LogP contribution in [0.25, 0.3) is 0 Å². The zero-order valence-corrected chi connectivity index (χ0v) is 8.89. The highest BCUT2D eigenvalue weighted by Gasteiger charge is 2.43. The standard InChI is InChI=1S/C9H15NO2S/c1-9(2)10-7(5-12-9)3-4-13-6-8(10)11/h7H,3-6H2,1-2H3/t7-/m0/s1. The molecule has 0 bridgehead atoms. The lowest BCUT2D eigenvalue weighted by atomic mass is 10.1. The molecule has 2 saturated heterocycles. The molecule has 0 aromatic heterocycles. The molecule has 1 amide bonds. The monoisotopic (exact) mass is 201 g/mol. The van der Waals surface area contributed by atoms with Gasteiger partial charge >= 0.3 is 0 Å². The Morgan fingerprint density at radius 1 is 1.62 bits per heavy atom. The maximum atomic E-state index is 11.7. The molecule has 0 spiro atoms. The lowest BCUT2D eigenvalue weighted by molar-refractivity contribution is -0.142. The van der Waals surface area contributed by atoms with Gasteiger partial charge in [0.1, 0.15) is 5.72 Å². The van der Waals surface area contributed by atoms with Crippen LogP contribution in [-0.2, 0) is 9.53 Å². The molecule has 0 radical (unpaired) electrons. The quantitative estimate of drug-likeness (QED) is 0.587. The molecule has 0 unspecified atom stereocenters. The average Bonchev–Trinajstić information content (AvgIpc) is 2.26. The number of ether oxygens (including phenoxy) is 1. The number of carbonyl (C=O) groups excluding carboxylic acids is 1. The van der Waals surface area contributed by atoms with E-state index < -0.39 is 0 Å². The highest BCUT2D eigenvalue weighted by molar-refractivity contribution is 7.99. The predicted molar refractivity (Wildman–Crippen MR) is 52.6 cm³/mol. The Balaban J connectivity index is 2.22. The minimum absolute atomic E-state index is 0.231. The smallest absolute Gasteiger partial charge is 0.235 e. The first-order valence-electron chi connectivity index (χ1n) is 4.65. The number of nitrogens with zero attached hydrogens (tertiary/aromatic N) is 1. The third kappa shape index (κ3) is 1.57. The molecule has 2 heterocycles. The second-order valence-electron chi connectivity index (χ2n) is 4.02. The van der Waals surface area contributed by atoms with Gasteiger partial charge in [0.15, 0.2) is 0 Å². The summed E-state index contributed by atoms with van der Waals surface area (Å²) >= 11 is 1.73. The number of amides is 1. The SMILES string of the molecule is CC1(C)OC[C@@H]2CCSCC(=O)N21. The van der Waals surface area contributed by atoms with Gasteiger partial charge in [0, 0.05) is 0 Å². The van der Waals surface area contributed by atoms with Crippen molar-refractivity contribution in [2.45, 2.75) is 32.0 Å². The third-order valence-electron chi connectivity index (χ3n) is 2.66. The number of carbonyl (C=O) groups is 1. The Labute approximate surface area is 82.8 Å². The van der Waals surface area contributed by atoms with Crippen molar-refractivity contribution >= 4 is 17.7 Å².